The minimum Gasteiger partial charge on any atom is -0.455 e. The lowest BCUT2D eigenvalue weighted by Crippen LogP contribution is -2.43. The molecule has 1 amide bonds. The Labute approximate surface area is 178 Å². The molecule has 3 aromatic carbocycles. The molecule has 4 aromatic rings. The molecule has 6 heteroatoms. The Bertz CT molecular complexity index is 1150. The van der Waals surface area contributed by atoms with Gasteiger partial charge in [-0.3, -0.25) is 4.79 Å². The van der Waals surface area contributed by atoms with Gasteiger partial charge in [-0.2, -0.15) is 5.10 Å². The lowest BCUT2D eigenvalue weighted by Gasteiger charge is -2.26. The normalized spacial score (nSPS) is 11.5. The van der Waals surface area contributed by atoms with Crippen molar-refractivity contribution in [2.45, 2.75) is 5.60 Å². The Morgan fingerprint density at radius 3 is 2.03 bits per heavy atom. The lowest BCUT2D eigenvalue weighted by molar-refractivity contribution is -0.136. The summed E-state index contributed by atoms with van der Waals surface area (Å²) < 4.78 is 18.7. The van der Waals surface area contributed by atoms with Gasteiger partial charge in [0, 0.05) is 5.56 Å². The molecule has 154 valence electrons. The van der Waals surface area contributed by atoms with Gasteiger partial charge in [0.1, 0.15) is 17.3 Å². The van der Waals surface area contributed by atoms with Crippen LogP contribution in [0.1, 0.15) is 16.9 Å². The van der Waals surface area contributed by atoms with Crippen LogP contribution >= 0.6 is 0 Å². The number of halogens is 1. The predicted octanol–water partition coefficient (Wildman–Crippen LogP) is 4.47. The fourth-order valence-electron chi connectivity index (χ4n) is 3.21. The zero-order valence-corrected chi connectivity index (χ0v) is 16.4. The number of nitrogens with zero attached hydrogens (tertiary/aromatic N) is 1. The molecular formula is C25H19FN2O3. The fraction of sp³-hybridized carbons (Fsp3) is 0.0400. The Morgan fingerprint density at radius 2 is 1.45 bits per heavy atom. The number of rotatable bonds is 6. The zero-order chi connectivity index (χ0) is 21.7. The van der Waals surface area contributed by atoms with Crippen LogP contribution in [0.3, 0.4) is 0 Å². The summed E-state index contributed by atoms with van der Waals surface area (Å²) in [5.74, 6) is -0.101. The van der Waals surface area contributed by atoms with E-state index >= 15 is 0 Å². The van der Waals surface area contributed by atoms with Crippen molar-refractivity contribution in [2.75, 3.05) is 0 Å². The number of amides is 1. The number of hydrazone groups is 1. The first kappa shape index (κ1) is 20.3. The van der Waals surface area contributed by atoms with Gasteiger partial charge in [-0.25, -0.2) is 9.82 Å². The van der Waals surface area contributed by atoms with Gasteiger partial charge in [-0.1, -0.05) is 60.7 Å². The van der Waals surface area contributed by atoms with Crippen LogP contribution in [-0.2, 0) is 10.4 Å². The fourth-order valence-corrected chi connectivity index (χ4v) is 3.21. The van der Waals surface area contributed by atoms with Gasteiger partial charge < -0.3 is 9.52 Å². The van der Waals surface area contributed by atoms with Crippen molar-refractivity contribution < 1.29 is 18.7 Å². The van der Waals surface area contributed by atoms with Crippen LogP contribution in [0, 0.1) is 5.82 Å². The maximum absolute atomic E-state index is 13.1. The molecule has 1 heterocycles. The van der Waals surface area contributed by atoms with Gasteiger partial charge >= 0.3 is 0 Å². The summed E-state index contributed by atoms with van der Waals surface area (Å²) >= 11 is 0. The summed E-state index contributed by atoms with van der Waals surface area (Å²) in [5, 5.41) is 15.3. The van der Waals surface area contributed by atoms with E-state index in [9.17, 15) is 14.3 Å². The zero-order valence-electron chi connectivity index (χ0n) is 16.4. The summed E-state index contributed by atoms with van der Waals surface area (Å²) in [4.78, 5) is 13.0. The van der Waals surface area contributed by atoms with Crippen LogP contribution in [0.2, 0.25) is 0 Å². The van der Waals surface area contributed by atoms with Crippen LogP contribution in [-0.4, -0.2) is 17.2 Å². The molecule has 0 aliphatic heterocycles. The Hall–Kier alpha value is -4.03. The molecule has 4 rings (SSSR count). The van der Waals surface area contributed by atoms with Crippen molar-refractivity contribution in [3.05, 3.63) is 120 Å². The largest absolute Gasteiger partial charge is 0.455 e. The highest BCUT2D eigenvalue weighted by Gasteiger charge is 2.39. The number of aliphatic hydroxyl groups is 1. The third-order valence-electron chi connectivity index (χ3n) is 4.83. The molecule has 0 aliphatic rings. The number of carbonyl (C=O) groups is 1. The number of hydrogen-bond acceptors (Lipinski definition) is 4. The third kappa shape index (κ3) is 4.29. The summed E-state index contributed by atoms with van der Waals surface area (Å²) in [6, 6.07) is 26.6. The molecule has 0 atom stereocenters. The molecule has 31 heavy (non-hydrogen) atoms. The molecule has 0 saturated heterocycles. The van der Waals surface area contributed by atoms with E-state index in [0.29, 0.717) is 28.2 Å². The maximum atomic E-state index is 13.1. The summed E-state index contributed by atoms with van der Waals surface area (Å²) in [5.41, 5.74) is 2.04. The predicted molar refractivity (Wildman–Crippen MR) is 116 cm³/mol. The standard InChI is InChI=1S/C25H19FN2O3/c26-21-13-11-18(12-14-21)23-16-15-22(31-23)17-27-28-24(29)25(30,19-7-3-1-4-8-19)20-9-5-2-6-10-20/h1-17,30H,(H,28,29)/b27-17+. The van der Waals surface area contributed by atoms with E-state index in [1.165, 1.54) is 18.3 Å². The molecule has 0 bridgehead atoms. The Kier molecular flexibility index (Phi) is 5.73. The van der Waals surface area contributed by atoms with Crippen LogP contribution in [0.25, 0.3) is 11.3 Å². The molecule has 0 radical (unpaired) electrons. The second-order valence-corrected chi connectivity index (χ2v) is 6.85. The summed E-state index contributed by atoms with van der Waals surface area (Å²) in [6.07, 6.45) is 1.33. The van der Waals surface area contributed by atoms with E-state index in [2.05, 4.69) is 10.5 Å². The SMILES string of the molecule is O=C(N/N=C/c1ccc(-c2ccc(F)cc2)o1)C(O)(c1ccccc1)c1ccccc1. The molecule has 5 nitrogen and oxygen atoms in total. The van der Waals surface area contributed by atoms with Crippen LogP contribution in [0.5, 0.6) is 0 Å². The van der Waals surface area contributed by atoms with Crippen molar-refractivity contribution in [1.82, 2.24) is 5.43 Å². The maximum Gasteiger partial charge on any atom is 0.281 e. The van der Waals surface area contributed by atoms with E-state index in [0.717, 1.165) is 0 Å². The van der Waals surface area contributed by atoms with Crippen molar-refractivity contribution in [1.29, 1.82) is 0 Å². The van der Waals surface area contributed by atoms with Gasteiger partial charge in [0.2, 0.25) is 0 Å². The first-order valence-electron chi connectivity index (χ1n) is 9.60. The molecular weight excluding hydrogens is 395 g/mol. The second kappa shape index (κ2) is 8.77. The molecule has 0 spiro atoms. The number of furan rings is 1. The average Bonchev–Trinajstić information content (AvgIpc) is 3.29. The monoisotopic (exact) mass is 414 g/mol. The quantitative estimate of drug-likeness (QED) is 0.361. The number of carbonyl (C=O) groups excluding carboxylic acids is 1. The summed E-state index contributed by atoms with van der Waals surface area (Å²) in [7, 11) is 0. The van der Waals surface area contributed by atoms with Crippen molar-refractivity contribution in [2.24, 2.45) is 5.10 Å². The number of nitrogens with one attached hydrogen (secondary N) is 1. The summed E-state index contributed by atoms with van der Waals surface area (Å²) in [6.45, 7) is 0. The van der Waals surface area contributed by atoms with Crippen molar-refractivity contribution in [3.63, 3.8) is 0 Å². The molecule has 0 aliphatic carbocycles. The van der Waals surface area contributed by atoms with E-state index < -0.39 is 11.5 Å². The highest BCUT2D eigenvalue weighted by atomic mass is 19.1. The minimum absolute atomic E-state index is 0.330. The number of benzene rings is 3. The Morgan fingerprint density at radius 1 is 0.871 bits per heavy atom. The lowest BCUT2D eigenvalue weighted by atomic mass is 9.85. The second-order valence-electron chi connectivity index (χ2n) is 6.85. The first-order chi connectivity index (χ1) is 15.1. The van der Waals surface area contributed by atoms with E-state index in [4.69, 9.17) is 4.42 Å². The van der Waals surface area contributed by atoms with Gasteiger partial charge in [-0.05, 0) is 47.5 Å². The van der Waals surface area contributed by atoms with Gasteiger partial charge in [0.25, 0.3) is 5.91 Å². The number of hydrogen-bond donors (Lipinski definition) is 2. The van der Waals surface area contributed by atoms with Gasteiger partial charge in [0.05, 0.1) is 6.21 Å². The van der Waals surface area contributed by atoms with Crippen molar-refractivity contribution >= 4 is 12.1 Å². The first-order valence-corrected chi connectivity index (χ1v) is 9.60. The van der Waals surface area contributed by atoms with Gasteiger partial charge in [0.15, 0.2) is 5.60 Å². The minimum atomic E-state index is -1.91. The van der Waals surface area contributed by atoms with Gasteiger partial charge in [-0.15, -0.1) is 0 Å². The highest BCUT2D eigenvalue weighted by molar-refractivity contribution is 5.91. The highest BCUT2D eigenvalue weighted by Crippen LogP contribution is 2.30. The van der Waals surface area contributed by atoms with Crippen molar-refractivity contribution in [3.8, 4) is 11.3 Å². The smallest absolute Gasteiger partial charge is 0.281 e. The third-order valence-corrected chi connectivity index (χ3v) is 4.83. The molecule has 0 saturated carbocycles. The Balaban J connectivity index is 1.54. The average molecular weight is 414 g/mol. The van der Waals surface area contributed by atoms with E-state index in [-0.39, 0.29) is 5.82 Å². The molecule has 0 unspecified atom stereocenters. The van der Waals surface area contributed by atoms with E-state index in [1.54, 1.807) is 84.9 Å². The molecule has 1 aromatic heterocycles. The van der Waals surface area contributed by atoms with E-state index in [1.807, 2.05) is 0 Å². The van der Waals surface area contributed by atoms with Crippen LogP contribution in [0.15, 0.2) is 107 Å². The van der Waals surface area contributed by atoms with Crippen LogP contribution < -0.4 is 5.43 Å². The topological polar surface area (TPSA) is 74.8 Å². The molecule has 0 fully saturated rings. The molecule has 2 N–H and O–H groups in total. The van der Waals surface area contributed by atoms with Crippen LogP contribution in [0.4, 0.5) is 4.39 Å².